The SMILES string of the molecule is OC1(c2ccc(Cl)cc2)Cc2ccccc2C2=NCCCN21. The van der Waals surface area contributed by atoms with Gasteiger partial charge >= 0.3 is 0 Å². The summed E-state index contributed by atoms with van der Waals surface area (Å²) in [5.74, 6) is 0.908. The maximum Gasteiger partial charge on any atom is 0.169 e. The summed E-state index contributed by atoms with van der Waals surface area (Å²) < 4.78 is 0. The molecule has 2 aliphatic rings. The van der Waals surface area contributed by atoms with Crippen LogP contribution in [0.4, 0.5) is 0 Å². The summed E-state index contributed by atoms with van der Waals surface area (Å²) in [7, 11) is 0. The Morgan fingerprint density at radius 3 is 2.68 bits per heavy atom. The van der Waals surface area contributed by atoms with E-state index < -0.39 is 5.72 Å². The minimum atomic E-state index is -1.06. The van der Waals surface area contributed by atoms with Crippen LogP contribution in [0.3, 0.4) is 0 Å². The molecule has 2 heterocycles. The van der Waals surface area contributed by atoms with Gasteiger partial charge in [0, 0.05) is 35.7 Å². The van der Waals surface area contributed by atoms with Gasteiger partial charge in [-0.1, -0.05) is 48.0 Å². The summed E-state index contributed by atoms with van der Waals surface area (Å²) in [6.07, 6.45) is 1.52. The van der Waals surface area contributed by atoms with Crippen molar-refractivity contribution in [1.82, 2.24) is 4.90 Å². The van der Waals surface area contributed by atoms with Crippen molar-refractivity contribution in [3.05, 3.63) is 70.2 Å². The summed E-state index contributed by atoms with van der Waals surface area (Å²) in [4.78, 5) is 6.73. The smallest absolute Gasteiger partial charge is 0.169 e. The predicted octanol–water partition coefficient (Wildman–Crippen LogP) is 3.19. The highest BCUT2D eigenvalue weighted by Crippen LogP contribution is 2.38. The molecule has 0 bridgehead atoms. The molecule has 0 aliphatic carbocycles. The number of benzene rings is 2. The molecule has 2 aliphatic heterocycles. The van der Waals surface area contributed by atoms with Crippen molar-refractivity contribution >= 4 is 17.4 Å². The first-order valence-electron chi connectivity index (χ1n) is 7.57. The van der Waals surface area contributed by atoms with Crippen LogP contribution in [0.15, 0.2) is 53.5 Å². The Balaban J connectivity index is 1.88. The number of aliphatic imine (C=N–C) groups is 1. The van der Waals surface area contributed by atoms with E-state index in [9.17, 15) is 5.11 Å². The normalized spacial score (nSPS) is 23.5. The maximum absolute atomic E-state index is 11.5. The number of aliphatic hydroxyl groups is 1. The fourth-order valence-corrected chi connectivity index (χ4v) is 3.55. The van der Waals surface area contributed by atoms with E-state index in [0.717, 1.165) is 42.0 Å². The van der Waals surface area contributed by atoms with E-state index in [-0.39, 0.29) is 0 Å². The minimum absolute atomic E-state index is 0.559. The summed E-state index contributed by atoms with van der Waals surface area (Å²) in [5.41, 5.74) is 2.08. The van der Waals surface area contributed by atoms with Crippen molar-refractivity contribution in [3.63, 3.8) is 0 Å². The average Bonchev–Trinajstić information content (AvgIpc) is 2.56. The van der Waals surface area contributed by atoms with Gasteiger partial charge in [0.05, 0.1) is 0 Å². The summed E-state index contributed by atoms with van der Waals surface area (Å²) in [5, 5.41) is 12.2. The molecule has 4 rings (SSSR count). The molecule has 0 spiro atoms. The predicted molar refractivity (Wildman–Crippen MR) is 88.2 cm³/mol. The second-order valence-corrected chi connectivity index (χ2v) is 6.30. The Morgan fingerprint density at radius 2 is 1.86 bits per heavy atom. The molecule has 112 valence electrons. The maximum atomic E-state index is 11.5. The molecular weight excluding hydrogens is 296 g/mol. The molecule has 2 aromatic rings. The van der Waals surface area contributed by atoms with Gasteiger partial charge in [0.1, 0.15) is 5.84 Å². The van der Waals surface area contributed by atoms with Crippen LogP contribution in [-0.2, 0) is 12.1 Å². The lowest BCUT2D eigenvalue weighted by atomic mass is 9.85. The molecule has 0 aromatic heterocycles. The van der Waals surface area contributed by atoms with Crippen molar-refractivity contribution in [2.45, 2.75) is 18.6 Å². The zero-order valence-corrected chi connectivity index (χ0v) is 12.9. The zero-order chi connectivity index (χ0) is 15.2. The van der Waals surface area contributed by atoms with Crippen molar-refractivity contribution in [1.29, 1.82) is 0 Å². The molecule has 0 fully saturated rings. The largest absolute Gasteiger partial charge is 0.366 e. The van der Waals surface area contributed by atoms with Crippen molar-refractivity contribution in [3.8, 4) is 0 Å². The Bertz CT molecular complexity index is 741. The Morgan fingerprint density at radius 1 is 1.09 bits per heavy atom. The fourth-order valence-electron chi connectivity index (χ4n) is 3.42. The molecule has 0 radical (unpaired) electrons. The van der Waals surface area contributed by atoms with E-state index in [2.05, 4.69) is 17.1 Å². The number of halogens is 1. The van der Waals surface area contributed by atoms with Crippen LogP contribution in [0.2, 0.25) is 5.02 Å². The highest BCUT2D eigenvalue weighted by Gasteiger charge is 2.43. The van der Waals surface area contributed by atoms with Gasteiger partial charge in [-0.2, -0.15) is 0 Å². The Kier molecular flexibility index (Phi) is 3.21. The highest BCUT2D eigenvalue weighted by atomic mass is 35.5. The second kappa shape index (κ2) is 5.11. The van der Waals surface area contributed by atoms with Crippen LogP contribution in [0.5, 0.6) is 0 Å². The molecule has 3 nitrogen and oxygen atoms in total. The number of rotatable bonds is 1. The van der Waals surface area contributed by atoms with Crippen LogP contribution in [-0.4, -0.2) is 28.9 Å². The molecule has 2 aromatic carbocycles. The fraction of sp³-hybridized carbons (Fsp3) is 0.278. The van der Waals surface area contributed by atoms with Crippen LogP contribution in [0, 0.1) is 0 Å². The lowest BCUT2D eigenvalue weighted by Gasteiger charge is -2.47. The Hall–Kier alpha value is -1.84. The summed E-state index contributed by atoms with van der Waals surface area (Å²) >= 11 is 6.00. The quantitative estimate of drug-likeness (QED) is 0.878. The van der Waals surface area contributed by atoms with E-state index in [1.807, 2.05) is 41.3 Å². The van der Waals surface area contributed by atoms with Gasteiger partial charge in [-0.3, -0.25) is 4.99 Å². The standard InChI is InChI=1S/C18H17ClN2O/c19-15-8-6-14(7-9-15)18(22)12-13-4-1-2-5-16(13)17-20-10-3-11-21(17)18/h1-2,4-9,22H,3,10-12H2. The van der Waals surface area contributed by atoms with Crippen LogP contribution < -0.4 is 0 Å². The van der Waals surface area contributed by atoms with Gasteiger partial charge in [0.2, 0.25) is 0 Å². The van der Waals surface area contributed by atoms with E-state index in [4.69, 9.17) is 11.6 Å². The van der Waals surface area contributed by atoms with Crippen molar-refractivity contribution in [2.24, 2.45) is 4.99 Å². The lowest BCUT2D eigenvalue weighted by Crippen LogP contribution is -2.56. The molecule has 0 amide bonds. The molecule has 1 atom stereocenters. The minimum Gasteiger partial charge on any atom is -0.366 e. The van der Waals surface area contributed by atoms with Crippen molar-refractivity contribution in [2.75, 3.05) is 13.1 Å². The summed E-state index contributed by atoms with van der Waals surface area (Å²) in [6.45, 7) is 1.63. The number of fused-ring (bicyclic) bond motifs is 3. The highest BCUT2D eigenvalue weighted by molar-refractivity contribution is 6.30. The number of amidine groups is 1. The van der Waals surface area contributed by atoms with Crippen LogP contribution in [0.1, 0.15) is 23.1 Å². The molecule has 1 unspecified atom stereocenters. The molecule has 1 N–H and O–H groups in total. The summed E-state index contributed by atoms with van der Waals surface area (Å²) in [6, 6.07) is 15.7. The van der Waals surface area contributed by atoms with E-state index >= 15 is 0 Å². The van der Waals surface area contributed by atoms with Gasteiger partial charge < -0.3 is 10.0 Å². The molecule has 4 heteroatoms. The third kappa shape index (κ3) is 2.04. The van der Waals surface area contributed by atoms with Crippen LogP contribution in [0.25, 0.3) is 0 Å². The first kappa shape index (κ1) is 13.8. The van der Waals surface area contributed by atoms with Gasteiger partial charge in [0.15, 0.2) is 5.72 Å². The number of hydrogen-bond acceptors (Lipinski definition) is 3. The third-order valence-corrected chi connectivity index (χ3v) is 4.76. The van der Waals surface area contributed by atoms with Gasteiger partial charge in [-0.05, 0) is 24.1 Å². The second-order valence-electron chi connectivity index (χ2n) is 5.87. The molecule has 0 saturated heterocycles. The Labute approximate surface area is 134 Å². The first-order chi connectivity index (χ1) is 10.7. The first-order valence-corrected chi connectivity index (χ1v) is 7.95. The van der Waals surface area contributed by atoms with Gasteiger partial charge in [-0.15, -0.1) is 0 Å². The third-order valence-electron chi connectivity index (χ3n) is 4.51. The monoisotopic (exact) mass is 312 g/mol. The van der Waals surface area contributed by atoms with E-state index in [1.165, 1.54) is 0 Å². The average molecular weight is 313 g/mol. The van der Waals surface area contributed by atoms with E-state index in [1.54, 1.807) is 0 Å². The molecular formula is C18H17ClN2O. The van der Waals surface area contributed by atoms with Crippen LogP contribution >= 0.6 is 11.6 Å². The molecule has 22 heavy (non-hydrogen) atoms. The van der Waals surface area contributed by atoms with Gasteiger partial charge in [0.25, 0.3) is 0 Å². The van der Waals surface area contributed by atoms with E-state index in [0.29, 0.717) is 11.4 Å². The molecule has 0 saturated carbocycles. The number of hydrogen-bond donors (Lipinski definition) is 1. The van der Waals surface area contributed by atoms with Crippen molar-refractivity contribution < 1.29 is 5.11 Å². The lowest BCUT2D eigenvalue weighted by molar-refractivity contribution is -0.0819. The van der Waals surface area contributed by atoms with Gasteiger partial charge in [-0.25, -0.2) is 0 Å². The zero-order valence-electron chi connectivity index (χ0n) is 12.2. The topological polar surface area (TPSA) is 35.8 Å². The number of nitrogens with zero attached hydrogens (tertiary/aromatic N) is 2.